The molecule has 0 aliphatic carbocycles. The SMILES string of the molecule is CC(C)(O)CNC(=O)C1CCSC1. The maximum absolute atomic E-state index is 11.5. The molecule has 76 valence electrons. The molecule has 0 bridgehead atoms. The predicted molar refractivity (Wildman–Crippen MR) is 54.7 cm³/mol. The van der Waals surface area contributed by atoms with Crippen molar-refractivity contribution in [1.82, 2.24) is 5.32 Å². The molecule has 0 spiro atoms. The van der Waals surface area contributed by atoms with Crippen LogP contribution in [-0.4, -0.2) is 34.7 Å². The van der Waals surface area contributed by atoms with Gasteiger partial charge < -0.3 is 10.4 Å². The number of hydrogen-bond acceptors (Lipinski definition) is 3. The second kappa shape index (κ2) is 4.33. The third-order valence-electron chi connectivity index (χ3n) is 2.00. The van der Waals surface area contributed by atoms with Crippen LogP contribution in [0.2, 0.25) is 0 Å². The number of hydrogen-bond donors (Lipinski definition) is 2. The lowest BCUT2D eigenvalue weighted by molar-refractivity contribution is -0.125. The first kappa shape index (κ1) is 10.9. The summed E-state index contributed by atoms with van der Waals surface area (Å²) in [5.74, 6) is 2.26. The van der Waals surface area contributed by atoms with Crippen LogP contribution in [0.4, 0.5) is 0 Å². The van der Waals surface area contributed by atoms with Crippen molar-refractivity contribution in [3.63, 3.8) is 0 Å². The monoisotopic (exact) mass is 203 g/mol. The Hall–Kier alpha value is -0.220. The highest BCUT2D eigenvalue weighted by Gasteiger charge is 2.24. The highest BCUT2D eigenvalue weighted by Crippen LogP contribution is 2.23. The molecule has 1 rings (SSSR count). The fourth-order valence-corrected chi connectivity index (χ4v) is 2.41. The van der Waals surface area contributed by atoms with Gasteiger partial charge in [-0.1, -0.05) is 0 Å². The molecule has 1 heterocycles. The molecule has 1 atom stereocenters. The van der Waals surface area contributed by atoms with Crippen molar-refractivity contribution in [3.05, 3.63) is 0 Å². The van der Waals surface area contributed by atoms with Gasteiger partial charge >= 0.3 is 0 Å². The van der Waals surface area contributed by atoms with Crippen LogP contribution in [0.5, 0.6) is 0 Å². The smallest absolute Gasteiger partial charge is 0.224 e. The number of carbonyl (C=O) groups is 1. The molecule has 0 aromatic heterocycles. The van der Waals surface area contributed by atoms with Gasteiger partial charge in [0.2, 0.25) is 5.91 Å². The highest BCUT2D eigenvalue weighted by atomic mass is 32.2. The molecule has 0 aromatic carbocycles. The molecule has 3 nitrogen and oxygen atoms in total. The first-order valence-corrected chi connectivity index (χ1v) is 5.72. The normalized spacial score (nSPS) is 23.2. The van der Waals surface area contributed by atoms with Crippen molar-refractivity contribution in [1.29, 1.82) is 0 Å². The number of carbonyl (C=O) groups excluding carboxylic acids is 1. The minimum absolute atomic E-state index is 0.0899. The second-order valence-electron chi connectivity index (χ2n) is 4.09. The summed E-state index contributed by atoms with van der Waals surface area (Å²) in [6.45, 7) is 3.72. The van der Waals surface area contributed by atoms with Gasteiger partial charge in [-0.2, -0.15) is 11.8 Å². The summed E-state index contributed by atoms with van der Waals surface area (Å²) in [5, 5.41) is 12.2. The van der Waals surface area contributed by atoms with E-state index in [4.69, 9.17) is 0 Å². The Bertz CT molecular complexity index is 183. The van der Waals surface area contributed by atoms with Crippen molar-refractivity contribution in [3.8, 4) is 0 Å². The van der Waals surface area contributed by atoms with Crippen LogP contribution >= 0.6 is 11.8 Å². The van der Waals surface area contributed by atoms with Crippen molar-refractivity contribution in [2.75, 3.05) is 18.1 Å². The molecule has 4 heteroatoms. The fourth-order valence-electron chi connectivity index (χ4n) is 1.19. The summed E-state index contributed by atoms with van der Waals surface area (Å²) < 4.78 is 0. The van der Waals surface area contributed by atoms with Gasteiger partial charge in [-0.15, -0.1) is 0 Å². The van der Waals surface area contributed by atoms with Crippen LogP contribution in [0.25, 0.3) is 0 Å². The minimum atomic E-state index is -0.804. The van der Waals surface area contributed by atoms with Gasteiger partial charge in [-0.05, 0) is 26.0 Å². The van der Waals surface area contributed by atoms with Gasteiger partial charge in [0.25, 0.3) is 0 Å². The molecule has 0 radical (unpaired) electrons. The topological polar surface area (TPSA) is 49.3 Å². The first-order valence-electron chi connectivity index (χ1n) is 4.57. The zero-order valence-corrected chi connectivity index (χ0v) is 8.99. The van der Waals surface area contributed by atoms with Gasteiger partial charge in [0, 0.05) is 18.2 Å². The van der Waals surface area contributed by atoms with Crippen LogP contribution in [0.3, 0.4) is 0 Å². The lowest BCUT2D eigenvalue weighted by atomic mass is 10.1. The standard InChI is InChI=1S/C9H17NO2S/c1-9(2,12)6-10-8(11)7-3-4-13-5-7/h7,12H,3-6H2,1-2H3,(H,10,11). The van der Waals surface area contributed by atoms with Gasteiger partial charge in [0.15, 0.2) is 0 Å². The summed E-state index contributed by atoms with van der Waals surface area (Å²) >= 11 is 1.82. The van der Waals surface area contributed by atoms with Crippen molar-refractivity contribution in [2.45, 2.75) is 25.9 Å². The van der Waals surface area contributed by atoms with Gasteiger partial charge in [0.1, 0.15) is 0 Å². The molecule has 0 aromatic rings. The molecular weight excluding hydrogens is 186 g/mol. The summed E-state index contributed by atoms with van der Waals surface area (Å²) in [6, 6.07) is 0. The molecule has 1 amide bonds. The van der Waals surface area contributed by atoms with E-state index >= 15 is 0 Å². The number of rotatable bonds is 3. The first-order chi connectivity index (χ1) is 5.99. The average Bonchev–Trinajstić information content (AvgIpc) is 2.50. The third-order valence-corrected chi connectivity index (χ3v) is 3.16. The highest BCUT2D eigenvalue weighted by molar-refractivity contribution is 7.99. The molecule has 1 fully saturated rings. The Balaban J connectivity index is 2.25. The summed E-state index contributed by atoms with van der Waals surface area (Å²) in [6.07, 6.45) is 0.975. The predicted octanol–water partition coefficient (Wildman–Crippen LogP) is 0.627. The Morgan fingerprint density at radius 3 is 2.85 bits per heavy atom. The van der Waals surface area contributed by atoms with Crippen LogP contribution < -0.4 is 5.32 Å². The fraction of sp³-hybridized carbons (Fsp3) is 0.889. The van der Waals surface area contributed by atoms with Crippen molar-refractivity contribution in [2.24, 2.45) is 5.92 Å². The molecule has 1 saturated heterocycles. The van der Waals surface area contributed by atoms with E-state index < -0.39 is 5.60 Å². The molecular formula is C9H17NO2S. The molecule has 2 N–H and O–H groups in total. The second-order valence-corrected chi connectivity index (χ2v) is 5.24. The maximum atomic E-state index is 11.5. The number of amides is 1. The lowest BCUT2D eigenvalue weighted by Crippen LogP contribution is -2.41. The average molecular weight is 203 g/mol. The number of thioether (sulfide) groups is 1. The molecule has 1 unspecified atom stereocenters. The Morgan fingerprint density at radius 2 is 2.38 bits per heavy atom. The third kappa shape index (κ3) is 4.00. The van der Waals surface area contributed by atoms with Crippen molar-refractivity contribution >= 4 is 17.7 Å². The molecule has 0 saturated carbocycles. The van der Waals surface area contributed by atoms with E-state index in [-0.39, 0.29) is 11.8 Å². The van der Waals surface area contributed by atoms with Crippen LogP contribution in [0, 0.1) is 5.92 Å². The van der Waals surface area contributed by atoms with E-state index in [1.807, 2.05) is 11.8 Å². The van der Waals surface area contributed by atoms with Crippen LogP contribution in [0.1, 0.15) is 20.3 Å². The number of nitrogens with one attached hydrogen (secondary N) is 1. The number of aliphatic hydroxyl groups is 1. The molecule has 1 aliphatic rings. The molecule has 13 heavy (non-hydrogen) atoms. The van der Waals surface area contributed by atoms with Crippen LogP contribution in [-0.2, 0) is 4.79 Å². The van der Waals surface area contributed by atoms with Crippen molar-refractivity contribution < 1.29 is 9.90 Å². The van der Waals surface area contributed by atoms with Gasteiger partial charge in [-0.3, -0.25) is 4.79 Å². The molecule has 1 aliphatic heterocycles. The quantitative estimate of drug-likeness (QED) is 0.707. The van der Waals surface area contributed by atoms with E-state index in [1.165, 1.54) is 0 Å². The Kier molecular flexibility index (Phi) is 3.62. The largest absolute Gasteiger partial charge is 0.389 e. The van der Waals surface area contributed by atoms with Gasteiger partial charge in [0.05, 0.1) is 5.60 Å². The van der Waals surface area contributed by atoms with E-state index in [2.05, 4.69) is 5.32 Å². The van der Waals surface area contributed by atoms with Gasteiger partial charge in [-0.25, -0.2) is 0 Å². The van der Waals surface area contributed by atoms with E-state index in [0.29, 0.717) is 6.54 Å². The Morgan fingerprint density at radius 1 is 1.69 bits per heavy atom. The summed E-state index contributed by atoms with van der Waals surface area (Å²) in [4.78, 5) is 11.5. The minimum Gasteiger partial charge on any atom is -0.389 e. The lowest BCUT2D eigenvalue weighted by Gasteiger charge is -2.19. The summed E-state index contributed by atoms with van der Waals surface area (Å²) in [7, 11) is 0. The summed E-state index contributed by atoms with van der Waals surface area (Å²) in [5.41, 5.74) is -0.804. The van der Waals surface area contributed by atoms with E-state index in [9.17, 15) is 9.90 Å². The Labute approximate surface area is 83.3 Å². The maximum Gasteiger partial charge on any atom is 0.224 e. The zero-order chi connectivity index (χ0) is 9.90. The van der Waals surface area contributed by atoms with Crippen LogP contribution in [0.15, 0.2) is 0 Å². The van der Waals surface area contributed by atoms with E-state index in [0.717, 1.165) is 17.9 Å². The van der Waals surface area contributed by atoms with E-state index in [1.54, 1.807) is 13.8 Å². The zero-order valence-electron chi connectivity index (χ0n) is 8.17.